The van der Waals surface area contributed by atoms with Crippen LogP contribution < -0.4 is 0 Å². The van der Waals surface area contributed by atoms with E-state index in [1.54, 1.807) is 6.08 Å². The van der Waals surface area contributed by atoms with Crippen LogP contribution in [0.4, 0.5) is 0 Å². The number of hydrogen-bond acceptors (Lipinski definition) is 5. The molecule has 0 aromatic rings. The van der Waals surface area contributed by atoms with E-state index in [0.717, 1.165) is 38.5 Å². The normalized spacial score (nSPS) is 31.2. The predicted molar refractivity (Wildman–Crippen MR) is 113 cm³/mol. The number of carbonyl (C=O) groups excluding carboxylic acids is 2. The predicted octanol–water partition coefficient (Wildman–Crippen LogP) is 3.99. The topological polar surface area (TPSA) is 72.8 Å². The highest BCUT2D eigenvalue weighted by molar-refractivity contribution is 14.1. The summed E-state index contributed by atoms with van der Waals surface area (Å²) in [4.78, 5) is 23.2. The molecule has 0 bridgehead atoms. The molecule has 2 fully saturated rings. The van der Waals surface area contributed by atoms with E-state index in [4.69, 9.17) is 4.74 Å². The molecule has 1 heterocycles. The van der Waals surface area contributed by atoms with Gasteiger partial charge >= 0.3 is 5.97 Å². The molecule has 0 unspecified atom stereocenters. The highest BCUT2D eigenvalue weighted by Gasteiger charge is 2.49. The van der Waals surface area contributed by atoms with Gasteiger partial charge in [-0.15, -0.1) is 0 Å². The van der Waals surface area contributed by atoms with Crippen molar-refractivity contribution in [2.45, 2.75) is 86.9 Å². The molecule has 2 rings (SSSR count). The molecule has 6 atom stereocenters. The number of alkyl halides is 1. The van der Waals surface area contributed by atoms with E-state index >= 15 is 0 Å². The van der Waals surface area contributed by atoms with Gasteiger partial charge in [0.05, 0.1) is 25.4 Å². The molecule has 27 heavy (non-hydrogen) atoms. The molecule has 6 heteroatoms. The number of carbonyl (C=O) groups is 2. The van der Waals surface area contributed by atoms with Crippen LogP contribution in [0.1, 0.15) is 64.7 Å². The van der Waals surface area contributed by atoms with Crippen LogP contribution in [0, 0.1) is 11.8 Å². The number of fused-ring (bicyclic) bond motifs is 1. The average molecular weight is 492 g/mol. The SMILES string of the molecule is CCCCCC(=O)/C=C/[C@@H]1[C@H]2C[C@H]([C@H](I)CCCC(=O)OC)O[C@H]2C[C@H]1O. The van der Waals surface area contributed by atoms with Crippen LogP contribution in [0.3, 0.4) is 0 Å². The highest BCUT2D eigenvalue weighted by Crippen LogP contribution is 2.46. The lowest BCUT2D eigenvalue weighted by atomic mass is 9.89. The summed E-state index contributed by atoms with van der Waals surface area (Å²) in [5.41, 5.74) is 0. The molecule has 1 saturated carbocycles. The molecule has 0 radical (unpaired) electrons. The van der Waals surface area contributed by atoms with Crippen LogP contribution >= 0.6 is 22.6 Å². The van der Waals surface area contributed by atoms with Crippen LogP contribution in [0.5, 0.6) is 0 Å². The lowest BCUT2D eigenvalue weighted by Gasteiger charge is -2.21. The molecule has 0 amide bonds. The summed E-state index contributed by atoms with van der Waals surface area (Å²) in [7, 11) is 1.42. The Hall–Kier alpha value is -0.470. The molecular weight excluding hydrogens is 459 g/mol. The minimum absolute atomic E-state index is 0.00814. The first-order chi connectivity index (χ1) is 13.0. The Labute approximate surface area is 176 Å². The second-order valence-electron chi connectivity index (χ2n) is 7.76. The number of aliphatic hydroxyl groups is 1. The molecule has 5 nitrogen and oxygen atoms in total. The van der Waals surface area contributed by atoms with Gasteiger partial charge in [0.1, 0.15) is 0 Å². The number of esters is 1. The first-order valence-electron chi connectivity index (χ1n) is 10.2. The summed E-state index contributed by atoms with van der Waals surface area (Å²) in [5, 5.41) is 10.4. The number of methoxy groups -OCH3 is 1. The first kappa shape index (κ1) is 22.8. The largest absolute Gasteiger partial charge is 0.469 e. The molecular formula is C21H33IO5. The quantitative estimate of drug-likeness (QED) is 0.155. The van der Waals surface area contributed by atoms with E-state index in [1.165, 1.54) is 7.11 Å². The number of halogens is 1. The fourth-order valence-corrected chi connectivity index (χ4v) is 5.10. The monoisotopic (exact) mass is 492 g/mol. The summed E-state index contributed by atoms with van der Waals surface area (Å²) in [6.07, 6.45) is 10.8. The van der Waals surface area contributed by atoms with Crippen molar-refractivity contribution >= 4 is 34.3 Å². The Balaban J connectivity index is 1.82. The number of ether oxygens (including phenoxy) is 2. The number of aliphatic hydroxyl groups excluding tert-OH is 1. The fourth-order valence-electron chi connectivity index (χ4n) is 4.20. The Morgan fingerprint density at radius 2 is 2.04 bits per heavy atom. The van der Waals surface area contributed by atoms with Gasteiger partial charge in [0.2, 0.25) is 0 Å². The minimum atomic E-state index is -0.423. The van der Waals surface area contributed by atoms with E-state index in [9.17, 15) is 14.7 Å². The second-order valence-corrected chi connectivity index (χ2v) is 9.36. The van der Waals surface area contributed by atoms with E-state index in [1.807, 2.05) is 6.08 Å². The van der Waals surface area contributed by atoms with Crippen LogP contribution in [0.25, 0.3) is 0 Å². The number of hydrogen-bond donors (Lipinski definition) is 1. The second kappa shape index (κ2) is 11.5. The first-order valence-corrected chi connectivity index (χ1v) is 11.5. The number of ketones is 1. The molecule has 1 N–H and O–H groups in total. The third-order valence-corrected chi connectivity index (χ3v) is 7.19. The maximum atomic E-state index is 12.0. The zero-order chi connectivity index (χ0) is 19.8. The summed E-state index contributed by atoms with van der Waals surface area (Å²) in [6.45, 7) is 2.13. The van der Waals surface area contributed by atoms with Crippen LogP contribution in [-0.4, -0.2) is 46.2 Å². The molecule has 0 spiro atoms. The van der Waals surface area contributed by atoms with Crippen molar-refractivity contribution in [1.29, 1.82) is 0 Å². The van der Waals surface area contributed by atoms with Crippen molar-refractivity contribution in [3.63, 3.8) is 0 Å². The number of rotatable bonds is 11. The van der Waals surface area contributed by atoms with Crippen LogP contribution in [0.15, 0.2) is 12.2 Å². The molecule has 0 aromatic heterocycles. The molecule has 154 valence electrons. The highest BCUT2D eigenvalue weighted by atomic mass is 127. The van der Waals surface area contributed by atoms with Crippen molar-refractivity contribution in [2.24, 2.45) is 11.8 Å². The van der Waals surface area contributed by atoms with Crippen molar-refractivity contribution in [3.05, 3.63) is 12.2 Å². The molecule has 1 aliphatic heterocycles. The minimum Gasteiger partial charge on any atom is -0.469 e. The van der Waals surface area contributed by atoms with Crippen molar-refractivity contribution < 1.29 is 24.2 Å². The zero-order valence-corrected chi connectivity index (χ0v) is 18.6. The van der Waals surface area contributed by atoms with Gasteiger partial charge in [0.25, 0.3) is 0 Å². The number of unbranched alkanes of at least 4 members (excludes halogenated alkanes) is 2. The summed E-state index contributed by atoms with van der Waals surface area (Å²) in [5.74, 6) is 0.278. The average Bonchev–Trinajstić information content (AvgIpc) is 3.17. The Kier molecular flexibility index (Phi) is 9.73. The van der Waals surface area contributed by atoms with E-state index in [-0.39, 0.29) is 35.8 Å². The third-order valence-electron chi connectivity index (χ3n) is 5.77. The van der Waals surface area contributed by atoms with Gasteiger partial charge in [0, 0.05) is 29.1 Å². The Bertz CT molecular complexity index is 521. The standard InChI is InChI=1S/C21H33IO5/c1-3-4-5-7-14(23)10-11-15-16-12-20(27-19(16)13-18(15)24)17(22)8-6-9-21(25)26-2/h10-11,15-20,24H,3-9,12-13H2,1-2H3/b11-10+/t15-,16-,17-,18-,19+,20-/m1/s1. The van der Waals surface area contributed by atoms with E-state index in [0.29, 0.717) is 23.2 Å². The summed E-state index contributed by atoms with van der Waals surface area (Å²) in [6, 6.07) is 0. The maximum absolute atomic E-state index is 12.0. The van der Waals surface area contributed by atoms with Crippen LogP contribution in [-0.2, 0) is 19.1 Å². The summed E-state index contributed by atoms with van der Waals surface area (Å²) < 4.78 is 11.2. The summed E-state index contributed by atoms with van der Waals surface area (Å²) >= 11 is 2.41. The smallest absolute Gasteiger partial charge is 0.305 e. The van der Waals surface area contributed by atoms with Gasteiger partial charge in [-0.05, 0) is 37.7 Å². The van der Waals surface area contributed by atoms with E-state index < -0.39 is 6.10 Å². The molecule has 1 saturated heterocycles. The van der Waals surface area contributed by atoms with Crippen LogP contribution in [0.2, 0.25) is 0 Å². The molecule has 2 aliphatic rings. The maximum Gasteiger partial charge on any atom is 0.305 e. The Morgan fingerprint density at radius 3 is 2.74 bits per heavy atom. The fraction of sp³-hybridized carbons (Fsp3) is 0.810. The number of allylic oxidation sites excluding steroid dienone is 1. The molecule has 0 aromatic carbocycles. The van der Waals surface area contributed by atoms with E-state index in [2.05, 4.69) is 34.3 Å². The van der Waals surface area contributed by atoms with Gasteiger partial charge in [-0.3, -0.25) is 9.59 Å². The van der Waals surface area contributed by atoms with Gasteiger partial charge < -0.3 is 14.6 Å². The van der Waals surface area contributed by atoms with Gasteiger partial charge in [-0.2, -0.15) is 0 Å². The van der Waals surface area contributed by atoms with Crippen molar-refractivity contribution in [2.75, 3.05) is 7.11 Å². The molecule has 1 aliphatic carbocycles. The third kappa shape index (κ3) is 6.82. The van der Waals surface area contributed by atoms with Crippen molar-refractivity contribution in [3.8, 4) is 0 Å². The van der Waals surface area contributed by atoms with Crippen molar-refractivity contribution in [1.82, 2.24) is 0 Å². The lowest BCUT2D eigenvalue weighted by Crippen LogP contribution is -2.24. The Morgan fingerprint density at radius 1 is 1.26 bits per heavy atom. The van der Waals surface area contributed by atoms with Gasteiger partial charge in [0.15, 0.2) is 5.78 Å². The lowest BCUT2D eigenvalue weighted by molar-refractivity contribution is -0.140. The van der Waals surface area contributed by atoms with Gasteiger partial charge in [-0.1, -0.05) is 48.4 Å². The van der Waals surface area contributed by atoms with Gasteiger partial charge in [-0.25, -0.2) is 0 Å². The zero-order valence-electron chi connectivity index (χ0n) is 16.4.